The standard InChI is InChI=1S/C28H23F3N4O3S2.C3H7NO/c1-17-6-12-21(13-7-17)40(37,38)35-24(14-19-15-32-23-5-3-2-4-22(19)23)26(36)34-27-33-25(16-39-27)18-8-10-20(11-9-18)28(29,30)31;1-2-3(4)5/h2-13,15-16,24,32,35H,14H2,1H3,(H,33,34,36);2H2,1H3,(H2,4,5)/t24-;/m0./s1. The first-order chi connectivity index (χ1) is 21.3. The van der Waals surface area contributed by atoms with E-state index in [0.29, 0.717) is 17.7 Å². The minimum atomic E-state index is -4.45. The average Bonchev–Trinajstić information content (AvgIpc) is 3.64. The number of carbonyl (C=O) groups excluding carboxylic acids is 2. The lowest BCUT2D eigenvalue weighted by Gasteiger charge is -2.18. The van der Waals surface area contributed by atoms with Crippen molar-refractivity contribution in [1.29, 1.82) is 0 Å². The van der Waals surface area contributed by atoms with Crippen LogP contribution in [-0.2, 0) is 32.2 Å². The lowest BCUT2D eigenvalue weighted by molar-refractivity contribution is -0.137. The van der Waals surface area contributed by atoms with E-state index >= 15 is 0 Å². The molecule has 236 valence electrons. The highest BCUT2D eigenvalue weighted by molar-refractivity contribution is 7.89. The van der Waals surface area contributed by atoms with Gasteiger partial charge in [0, 0.05) is 34.5 Å². The highest BCUT2D eigenvalue weighted by Gasteiger charge is 2.30. The van der Waals surface area contributed by atoms with Crippen molar-refractivity contribution in [3.8, 4) is 11.3 Å². The van der Waals surface area contributed by atoms with E-state index in [0.717, 1.165) is 45.5 Å². The number of H-pyrrole nitrogens is 1. The van der Waals surface area contributed by atoms with Crippen LogP contribution < -0.4 is 15.8 Å². The first kappa shape index (κ1) is 33.4. The Hall–Kier alpha value is -4.53. The molecule has 14 heteroatoms. The van der Waals surface area contributed by atoms with Crippen LogP contribution >= 0.6 is 11.3 Å². The Morgan fingerprint density at radius 1 is 1.02 bits per heavy atom. The number of hydrogen-bond donors (Lipinski definition) is 4. The molecule has 5 rings (SSSR count). The van der Waals surface area contributed by atoms with E-state index in [4.69, 9.17) is 0 Å². The Balaban J connectivity index is 0.000000854. The number of carbonyl (C=O) groups is 2. The van der Waals surface area contributed by atoms with Crippen LogP contribution in [0.2, 0.25) is 0 Å². The molecule has 2 amide bonds. The van der Waals surface area contributed by atoms with E-state index in [2.05, 4.69) is 25.7 Å². The molecule has 0 unspecified atom stereocenters. The molecule has 0 aliphatic rings. The summed E-state index contributed by atoms with van der Waals surface area (Å²) in [6.07, 6.45) is -2.22. The Bertz CT molecular complexity index is 1880. The molecule has 5 aromatic rings. The molecular formula is C31H30F3N5O4S2. The van der Waals surface area contributed by atoms with E-state index in [1.807, 2.05) is 31.2 Å². The molecule has 2 aromatic heterocycles. The number of aromatic nitrogens is 2. The minimum absolute atomic E-state index is 0.0219. The van der Waals surface area contributed by atoms with Crippen LogP contribution in [0, 0.1) is 6.92 Å². The Kier molecular flexibility index (Phi) is 10.4. The van der Waals surface area contributed by atoms with Crippen LogP contribution in [-0.4, -0.2) is 36.2 Å². The summed E-state index contributed by atoms with van der Waals surface area (Å²) in [5.41, 5.74) is 7.18. The molecule has 0 bridgehead atoms. The van der Waals surface area contributed by atoms with Crippen molar-refractivity contribution in [2.24, 2.45) is 5.73 Å². The van der Waals surface area contributed by atoms with E-state index in [1.54, 1.807) is 30.6 Å². The zero-order chi connectivity index (χ0) is 32.8. The third-order valence-corrected chi connectivity index (χ3v) is 8.88. The SMILES string of the molecule is CCC(N)=O.Cc1ccc(S(=O)(=O)N[C@@H](Cc2c[nH]c3ccccc23)C(=O)Nc2nc(-c3ccc(C(F)(F)F)cc3)cs2)cc1. The summed E-state index contributed by atoms with van der Waals surface area (Å²) in [5.74, 6) is -0.876. The van der Waals surface area contributed by atoms with Crippen molar-refractivity contribution in [3.05, 3.63) is 101 Å². The summed E-state index contributed by atoms with van der Waals surface area (Å²) < 4.78 is 67.6. The summed E-state index contributed by atoms with van der Waals surface area (Å²) in [4.78, 5) is 30.5. The number of sulfonamides is 1. The number of nitrogens with one attached hydrogen (secondary N) is 3. The highest BCUT2D eigenvalue weighted by atomic mass is 32.2. The molecule has 3 aromatic carbocycles. The molecular weight excluding hydrogens is 628 g/mol. The van der Waals surface area contributed by atoms with Crippen LogP contribution in [0.25, 0.3) is 22.2 Å². The molecule has 9 nitrogen and oxygen atoms in total. The van der Waals surface area contributed by atoms with Crippen molar-refractivity contribution < 1.29 is 31.2 Å². The van der Waals surface area contributed by atoms with Gasteiger partial charge in [0.05, 0.1) is 16.2 Å². The Morgan fingerprint density at radius 2 is 1.67 bits per heavy atom. The molecule has 0 spiro atoms. The monoisotopic (exact) mass is 657 g/mol. The number of hydrogen-bond acceptors (Lipinski definition) is 6. The Morgan fingerprint density at radius 3 is 2.29 bits per heavy atom. The summed E-state index contributed by atoms with van der Waals surface area (Å²) >= 11 is 1.08. The first-order valence-corrected chi connectivity index (χ1v) is 16.0. The van der Waals surface area contributed by atoms with Gasteiger partial charge in [-0.25, -0.2) is 13.4 Å². The molecule has 0 aliphatic carbocycles. The number of benzene rings is 3. The van der Waals surface area contributed by atoms with E-state index < -0.39 is 33.7 Å². The van der Waals surface area contributed by atoms with Crippen LogP contribution in [0.3, 0.4) is 0 Å². The molecule has 1 atom stereocenters. The number of aromatic amines is 1. The maximum absolute atomic E-state index is 13.4. The van der Waals surface area contributed by atoms with E-state index in [9.17, 15) is 31.2 Å². The quantitative estimate of drug-likeness (QED) is 0.153. The second kappa shape index (κ2) is 14.1. The molecule has 45 heavy (non-hydrogen) atoms. The van der Waals surface area contributed by atoms with Gasteiger partial charge in [-0.2, -0.15) is 17.9 Å². The van der Waals surface area contributed by atoms with Crippen LogP contribution in [0.15, 0.2) is 89.3 Å². The fourth-order valence-electron chi connectivity index (χ4n) is 4.17. The normalized spacial score (nSPS) is 12.3. The number of fused-ring (bicyclic) bond motifs is 1. The zero-order valence-electron chi connectivity index (χ0n) is 24.2. The van der Waals surface area contributed by atoms with Crippen molar-refractivity contribution in [2.75, 3.05) is 5.32 Å². The van der Waals surface area contributed by atoms with Crippen LogP contribution in [0.5, 0.6) is 0 Å². The van der Waals surface area contributed by atoms with Gasteiger partial charge in [-0.15, -0.1) is 11.3 Å². The zero-order valence-corrected chi connectivity index (χ0v) is 25.8. The highest BCUT2D eigenvalue weighted by Crippen LogP contribution is 2.32. The summed E-state index contributed by atoms with van der Waals surface area (Å²) in [6.45, 7) is 3.56. The maximum Gasteiger partial charge on any atom is 0.416 e. The molecule has 2 heterocycles. The molecule has 0 saturated heterocycles. The van der Waals surface area contributed by atoms with E-state index in [-0.39, 0.29) is 22.4 Å². The summed E-state index contributed by atoms with van der Waals surface area (Å²) in [7, 11) is -4.05. The molecule has 0 fully saturated rings. The number of nitrogens with two attached hydrogens (primary N) is 1. The second-order valence-corrected chi connectivity index (χ2v) is 12.5. The topological polar surface area (TPSA) is 147 Å². The maximum atomic E-state index is 13.4. The van der Waals surface area contributed by atoms with Gasteiger partial charge in [-0.3, -0.25) is 9.59 Å². The van der Waals surface area contributed by atoms with Crippen molar-refractivity contribution in [3.63, 3.8) is 0 Å². The number of primary amides is 1. The predicted octanol–water partition coefficient (Wildman–Crippen LogP) is 6.03. The number of rotatable bonds is 9. The summed E-state index contributed by atoms with van der Waals surface area (Å²) in [6, 6.07) is 17.1. The summed E-state index contributed by atoms with van der Waals surface area (Å²) in [5, 5.41) is 5.30. The number of aryl methyl sites for hydroxylation is 1. The third kappa shape index (κ3) is 8.77. The lowest BCUT2D eigenvalue weighted by atomic mass is 10.1. The number of para-hydroxylation sites is 1. The molecule has 0 radical (unpaired) electrons. The van der Waals surface area contributed by atoms with Crippen LogP contribution in [0.1, 0.15) is 30.0 Å². The Labute approximate surface area is 261 Å². The molecule has 0 saturated carbocycles. The number of amides is 2. The molecule has 0 aliphatic heterocycles. The van der Waals surface area contributed by atoms with E-state index in [1.165, 1.54) is 24.3 Å². The molecule has 5 N–H and O–H groups in total. The van der Waals surface area contributed by atoms with Crippen LogP contribution in [0.4, 0.5) is 18.3 Å². The first-order valence-electron chi connectivity index (χ1n) is 13.6. The number of nitrogens with zero attached hydrogens (tertiary/aromatic N) is 1. The van der Waals surface area contributed by atoms with Gasteiger partial charge in [0.15, 0.2) is 5.13 Å². The van der Waals surface area contributed by atoms with Gasteiger partial charge in [0.25, 0.3) is 0 Å². The van der Waals surface area contributed by atoms with Gasteiger partial charge >= 0.3 is 6.18 Å². The number of halogens is 3. The average molecular weight is 658 g/mol. The predicted molar refractivity (Wildman–Crippen MR) is 168 cm³/mol. The third-order valence-electron chi connectivity index (χ3n) is 6.63. The van der Waals surface area contributed by atoms with Crippen molar-refractivity contribution in [2.45, 2.75) is 43.8 Å². The second-order valence-electron chi connectivity index (χ2n) is 9.97. The van der Waals surface area contributed by atoms with Gasteiger partial charge in [0.1, 0.15) is 6.04 Å². The fourth-order valence-corrected chi connectivity index (χ4v) is 6.09. The largest absolute Gasteiger partial charge is 0.416 e. The smallest absolute Gasteiger partial charge is 0.370 e. The minimum Gasteiger partial charge on any atom is -0.370 e. The van der Waals surface area contributed by atoms with Crippen molar-refractivity contribution >= 4 is 49.2 Å². The fraction of sp³-hybridized carbons (Fsp3) is 0.194. The lowest BCUT2D eigenvalue weighted by Crippen LogP contribution is -2.45. The number of thiazole rings is 1. The van der Waals surface area contributed by atoms with Gasteiger partial charge in [-0.05, 0) is 49.2 Å². The van der Waals surface area contributed by atoms with Gasteiger partial charge < -0.3 is 16.0 Å². The number of alkyl halides is 3. The van der Waals surface area contributed by atoms with Crippen molar-refractivity contribution in [1.82, 2.24) is 14.7 Å². The van der Waals surface area contributed by atoms with Gasteiger partial charge in [0.2, 0.25) is 21.8 Å². The number of anilines is 1. The van der Waals surface area contributed by atoms with Gasteiger partial charge in [-0.1, -0.05) is 55.0 Å².